The van der Waals surface area contributed by atoms with Crippen LogP contribution in [0.5, 0.6) is 5.75 Å². The highest BCUT2D eigenvalue weighted by Crippen LogP contribution is 2.41. The number of anilines is 1. The molecule has 0 saturated heterocycles. The number of azo groups is 2. The minimum atomic E-state index is -0.0515. The molecule has 210 valence electrons. The summed E-state index contributed by atoms with van der Waals surface area (Å²) in [6.45, 7) is 5.76. The Balaban J connectivity index is 0.00000189. The Morgan fingerprint density at radius 1 is 0.683 bits per heavy atom. The van der Waals surface area contributed by atoms with E-state index in [-0.39, 0.29) is 19.0 Å². The number of aryl methyl sites for hydroxylation is 1. The van der Waals surface area contributed by atoms with E-state index >= 15 is 0 Å². The maximum atomic E-state index is 10.9. The Morgan fingerprint density at radius 3 is 1.85 bits per heavy atom. The maximum Gasteiger partial charge on any atom is 0.151 e. The Morgan fingerprint density at radius 2 is 1.27 bits per heavy atom. The van der Waals surface area contributed by atoms with Gasteiger partial charge in [-0.25, -0.2) is 9.78 Å². The number of phenolic OH excluding ortho intramolecular Hbond substituents is 1. The molecule has 0 bridgehead atoms. The van der Waals surface area contributed by atoms with Crippen LogP contribution in [0.25, 0.3) is 21.5 Å². The summed E-state index contributed by atoms with van der Waals surface area (Å²) in [4.78, 5) is 8.46. The van der Waals surface area contributed by atoms with Crippen molar-refractivity contribution in [2.75, 3.05) is 5.73 Å². The molecule has 0 aliphatic heterocycles. The fraction of sp³-hybridized carbons (Fsp3) is 0.161. The Labute approximate surface area is 236 Å². The number of hydrogen-bond acceptors (Lipinski definition) is 10. The zero-order valence-corrected chi connectivity index (χ0v) is 22.9. The lowest BCUT2D eigenvalue weighted by Gasteiger charge is -2.09. The van der Waals surface area contributed by atoms with Crippen LogP contribution in [-0.4, -0.2) is 15.6 Å². The van der Waals surface area contributed by atoms with Crippen molar-refractivity contribution in [1.82, 2.24) is 0 Å². The lowest BCUT2D eigenvalue weighted by Crippen LogP contribution is -1.93. The van der Waals surface area contributed by atoms with E-state index in [1.807, 2.05) is 57.2 Å². The average molecular weight is 554 g/mol. The summed E-state index contributed by atoms with van der Waals surface area (Å²) >= 11 is 0. The van der Waals surface area contributed by atoms with Gasteiger partial charge in [-0.05, 0) is 71.5 Å². The number of phenols is 1. The second-order valence-corrected chi connectivity index (χ2v) is 8.98. The van der Waals surface area contributed by atoms with Crippen molar-refractivity contribution in [1.29, 1.82) is 0 Å². The monoisotopic (exact) mass is 553 g/mol. The first-order valence-electron chi connectivity index (χ1n) is 13.0. The zero-order chi connectivity index (χ0) is 29.4. The van der Waals surface area contributed by atoms with Crippen LogP contribution in [0.1, 0.15) is 30.5 Å². The first-order chi connectivity index (χ1) is 20.0. The van der Waals surface area contributed by atoms with E-state index in [0.29, 0.717) is 45.0 Å². The highest BCUT2D eigenvalue weighted by molar-refractivity contribution is 6.00. The summed E-state index contributed by atoms with van der Waals surface area (Å²) in [6, 6.07) is 23.6. The van der Waals surface area contributed by atoms with Gasteiger partial charge >= 0.3 is 0 Å². The second-order valence-electron chi connectivity index (χ2n) is 8.98. The van der Waals surface area contributed by atoms with Gasteiger partial charge in [0, 0.05) is 21.8 Å². The summed E-state index contributed by atoms with van der Waals surface area (Å²) < 4.78 is 0. The van der Waals surface area contributed by atoms with Gasteiger partial charge in [0.15, 0.2) is 5.75 Å². The van der Waals surface area contributed by atoms with Crippen molar-refractivity contribution >= 4 is 50.0 Å². The van der Waals surface area contributed by atoms with Crippen LogP contribution in [0.4, 0.5) is 28.4 Å². The molecule has 0 fully saturated rings. The van der Waals surface area contributed by atoms with Gasteiger partial charge in [-0.3, -0.25) is 10.5 Å². The van der Waals surface area contributed by atoms with E-state index in [0.717, 1.165) is 21.7 Å². The predicted octanol–water partition coefficient (Wildman–Crippen LogP) is 9.43. The zero-order valence-electron chi connectivity index (χ0n) is 22.9. The van der Waals surface area contributed by atoms with Gasteiger partial charge < -0.3 is 10.8 Å². The molecule has 10 nitrogen and oxygen atoms in total. The van der Waals surface area contributed by atoms with Gasteiger partial charge in [0.25, 0.3) is 0 Å². The quantitative estimate of drug-likeness (QED) is 0.0649. The fourth-order valence-corrected chi connectivity index (χ4v) is 4.42. The lowest BCUT2D eigenvalue weighted by molar-refractivity contribution is -0.254. The predicted molar refractivity (Wildman–Crippen MR) is 160 cm³/mol. The summed E-state index contributed by atoms with van der Waals surface area (Å²) in [6.07, 6.45) is 0. The molecule has 5 aromatic rings. The number of nitrogen functional groups attached to an aromatic ring is 1. The van der Waals surface area contributed by atoms with Crippen molar-refractivity contribution in [2.45, 2.75) is 34.0 Å². The van der Waals surface area contributed by atoms with E-state index in [1.165, 1.54) is 0 Å². The van der Waals surface area contributed by atoms with Crippen LogP contribution in [-0.2, 0) is 23.0 Å². The molecule has 0 aliphatic carbocycles. The van der Waals surface area contributed by atoms with Gasteiger partial charge in [0.1, 0.15) is 18.9 Å². The van der Waals surface area contributed by atoms with E-state index in [9.17, 15) is 5.11 Å². The third-order valence-corrected chi connectivity index (χ3v) is 6.21. The third kappa shape index (κ3) is 6.71. The standard InChI is InChI=1S/C29H25N5O5.C2H6/c1-17-10-20-6-7-21(30)14-25(20)29(35)28(17)34-33-27-9-8-26(23-4-2-3-5-24(23)27)32-31-22-12-18(15-38-36)11-19(13-22)16-39-37;1-2/h2-14,35-37H,15-16,30H2,1H3;1-2H3. The molecule has 0 amide bonds. The number of aromatic hydroxyl groups is 1. The molecule has 0 saturated carbocycles. The van der Waals surface area contributed by atoms with E-state index in [4.69, 9.17) is 16.2 Å². The van der Waals surface area contributed by atoms with Gasteiger partial charge in [0.05, 0.1) is 17.1 Å². The van der Waals surface area contributed by atoms with Crippen LogP contribution < -0.4 is 5.73 Å². The first-order valence-corrected chi connectivity index (χ1v) is 13.0. The second kappa shape index (κ2) is 13.6. The smallest absolute Gasteiger partial charge is 0.151 e. The minimum Gasteiger partial charge on any atom is -0.505 e. The minimum absolute atomic E-state index is 0.0237. The topological polar surface area (TPSA) is 155 Å². The van der Waals surface area contributed by atoms with Crippen molar-refractivity contribution in [3.8, 4) is 5.75 Å². The molecule has 41 heavy (non-hydrogen) atoms. The number of nitrogens with two attached hydrogens (primary N) is 1. The van der Waals surface area contributed by atoms with E-state index in [1.54, 1.807) is 42.5 Å². The number of rotatable bonds is 8. The average Bonchev–Trinajstić information content (AvgIpc) is 2.98. The molecule has 0 radical (unpaired) electrons. The van der Waals surface area contributed by atoms with Gasteiger partial charge in [-0.1, -0.05) is 50.2 Å². The van der Waals surface area contributed by atoms with Crippen molar-refractivity contribution in [2.24, 2.45) is 20.5 Å². The van der Waals surface area contributed by atoms with Crippen LogP contribution in [0, 0.1) is 6.92 Å². The number of hydrogen-bond donors (Lipinski definition) is 4. The van der Waals surface area contributed by atoms with Crippen LogP contribution in [0.15, 0.2) is 99.3 Å². The van der Waals surface area contributed by atoms with Gasteiger partial charge in [0.2, 0.25) is 0 Å². The molecule has 0 unspecified atom stereocenters. The Bertz CT molecular complexity index is 1710. The highest BCUT2D eigenvalue weighted by Gasteiger charge is 2.12. The van der Waals surface area contributed by atoms with Gasteiger partial charge in [-0.15, -0.1) is 15.3 Å². The van der Waals surface area contributed by atoms with E-state index < -0.39 is 0 Å². The highest BCUT2D eigenvalue weighted by atomic mass is 17.1. The molecule has 0 aliphatic rings. The Kier molecular flexibility index (Phi) is 9.67. The molecule has 10 heteroatoms. The summed E-state index contributed by atoms with van der Waals surface area (Å²) in [5.74, 6) is 0.0237. The van der Waals surface area contributed by atoms with Crippen LogP contribution in [0.2, 0.25) is 0 Å². The number of fused-ring (bicyclic) bond motifs is 2. The normalized spacial score (nSPS) is 11.4. The van der Waals surface area contributed by atoms with E-state index in [2.05, 4.69) is 30.2 Å². The van der Waals surface area contributed by atoms with Crippen molar-refractivity contribution in [3.05, 3.63) is 95.6 Å². The molecule has 5 aromatic carbocycles. The molecule has 5 rings (SSSR count). The Hall–Kier alpha value is -4.74. The molecular formula is C31H31N5O5. The number of benzene rings is 5. The van der Waals surface area contributed by atoms with Crippen molar-refractivity contribution < 1.29 is 25.4 Å². The summed E-state index contributed by atoms with van der Waals surface area (Å²) in [7, 11) is 0. The van der Waals surface area contributed by atoms with Crippen molar-refractivity contribution in [3.63, 3.8) is 0 Å². The third-order valence-electron chi connectivity index (χ3n) is 6.21. The molecular weight excluding hydrogens is 522 g/mol. The SMILES string of the molecule is CC.Cc1cc2ccc(N)cc2c(O)c1N=Nc1ccc(N=Nc2cc(COO)cc(COO)c2)c2ccccc12. The first kappa shape index (κ1) is 29.2. The van der Waals surface area contributed by atoms with Crippen LogP contribution >= 0.6 is 0 Å². The maximum absolute atomic E-state index is 10.9. The fourth-order valence-electron chi connectivity index (χ4n) is 4.42. The van der Waals surface area contributed by atoms with Gasteiger partial charge in [-0.2, -0.15) is 5.11 Å². The molecule has 0 heterocycles. The molecule has 5 N–H and O–H groups in total. The largest absolute Gasteiger partial charge is 0.505 e. The molecule has 0 aromatic heterocycles. The number of nitrogens with zero attached hydrogens (tertiary/aromatic N) is 4. The summed E-state index contributed by atoms with van der Waals surface area (Å²) in [5, 5.41) is 49.3. The van der Waals surface area contributed by atoms with Crippen LogP contribution in [0.3, 0.4) is 0 Å². The summed E-state index contributed by atoms with van der Waals surface area (Å²) in [5.41, 5.74) is 10.6. The molecule has 0 atom stereocenters. The lowest BCUT2D eigenvalue weighted by atomic mass is 10.0. The molecule has 0 spiro atoms.